The number of aromatic nitrogens is 1. The lowest BCUT2D eigenvalue weighted by Crippen LogP contribution is -2.52. The van der Waals surface area contributed by atoms with Crippen LogP contribution in [0.15, 0.2) is 18.3 Å². The topological polar surface area (TPSA) is 75.2 Å². The summed E-state index contributed by atoms with van der Waals surface area (Å²) in [6.07, 6.45) is 2.04. The summed E-state index contributed by atoms with van der Waals surface area (Å²) in [6, 6.07) is 4.05. The SMILES string of the molecule is Cc1ccnc(N2CCN(C(=O)[C@@H]3CC[C@H](C(=O)N4CCOCC4)O3)CC2)c1. The zero-order valence-electron chi connectivity index (χ0n) is 16.4. The monoisotopic (exact) mass is 388 g/mol. The van der Waals surface area contributed by atoms with Crippen LogP contribution in [-0.2, 0) is 19.1 Å². The lowest BCUT2D eigenvalue weighted by molar-refractivity contribution is -0.153. The first-order valence-corrected chi connectivity index (χ1v) is 10.1. The van der Waals surface area contributed by atoms with Gasteiger partial charge in [0.05, 0.1) is 13.2 Å². The molecular weight excluding hydrogens is 360 g/mol. The van der Waals surface area contributed by atoms with E-state index in [-0.39, 0.29) is 11.8 Å². The second-order valence-corrected chi connectivity index (χ2v) is 7.63. The number of hydrogen-bond acceptors (Lipinski definition) is 6. The fraction of sp³-hybridized carbons (Fsp3) is 0.650. The minimum Gasteiger partial charge on any atom is -0.378 e. The Labute approximate surface area is 165 Å². The van der Waals surface area contributed by atoms with E-state index in [1.165, 1.54) is 5.56 Å². The molecule has 3 aliphatic heterocycles. The molecule has 0 unspecified atom stereocenters. The van der Waals surface area contributed by atoms with Crippen LogP contribution in [0.3, 0.4) is 0 Å². The molecule has 2 atom stereocenters. The Morgan fingerprint density at radius 1 is 0.964 bits per heavy atom. The Kier molecular flexibility index (Phi) is 5.77. The fourth-order valence-corrected chi connectivity index (χ4v) is 4.04. The molecule has 152 valence electrons. The van der Waals surface area contributed by atoms with Crippen molar-refractivity contribution in [2.45, 2.75) is 32.0 Å². The van der Waals surface area contributed by atoms with Crippen LogP contribution in [0.1, 0.15) is 18.4 Å². The van der Waals surface area contributed by atoms with Crippen molar-refractivity contribution >= 4 is 17.6 Å². The molecule has 0 saturated carbocycles. The quantitative estimate of drug-likeness (QED) is 0.748. The molecule has 8 nitrogen and oxygen atoms in total. The summed E-state index contributed by atoms with van der Waals surface area (Å²) in [5.41, 5.74) is 1.18. The number of piperazine rings is 1. The number of anilines is 1. The Balaban J connectivity index is 1.28. The first kappa shape index (κ1) is 19.1. The Morgan fingerprint density at radius 2 is 1.57 bits per heavy atom. The van der Waals surface area contributed by atoms with Gasteiger partial charge < -0.3 is 24.2 Å². The normalized spacial score (nSPS) is 25.8. The number of amides is 2. The van der Waals surface area contributed by atoms with Gasteiger partial charge in [-0.3, -0.25) is 9.59 Å². The van der Waals surface area contributed by atoms with E-state index in [0.29, 0.717) is 52.2 Å². The maximum atomic E-state index is 12.9. The molecule has 0 radical (unpaired) electrons. The van der Waals surface area contributed by atoms with Crippen molar-refractivity contribution in [1.29, 1.82) is 0 Å². The number of carbonyl (C=O) groups excluding carboxylic acids is 2. The molecule has 3 saturated heterocycles. The average molecular weight is 388 g/mol. The van der Waals surface area contributed by atoms with Crippen LogP contribution in [0.2, 0.25) is 0 Å². The Morgan fingerprint density at radius 3 is 2.18 bits per heavy atom. The Bertz CT molecular complexity index is 714. The van der Waals surface area contributed by atoms with Crippen molar-refractivity contribution in [2.24, 2.45) is 0 Å². The molecule has 4 rings (SSSR count). The number of aryl methyl sites for hydroxylation is 1. The highest BCUT2D eigenvalue weighted by atomic mass is 16.5. The van der Waals surface area contributed by atoms with Gasteiger partial charge in [-0.1, -0.05) is 0 Å². The Hall–Kier alpha value is -2.19. The standard InChI is InChI=1S/C20H28N4O4/c1-15-4-5-21-18(14-15)22-6-8-23(9-7-22)19(25)16-2-3-17(28-16)20(26)24-10-12-27-13-11-24/h4-5,14,16-17H,2-3,6-13H2,1H3/t16-,17+/m0/s1. The van der Waals surface area contributed by atoms with Gasteiger partial charge in [0.15, 0.2) is 0 Å². The van der Waals surface area contributed by atoms with Crippen LogP contribution in [0.5, 0.6) is 0 Å². The second-order valence-electron chi connectivity index (χ2n) is 7.63. The van der Waals surface area contributed by atoms with Gasteiger partial charge >= 0.3 is 0 Å². The average Bonchev–Trinajstić information content (AvgIpc) is 3.24. The number of nitrogens with zero attached hydrogens (tertiary/aromatic N) is 4. The molecule has 0 N–H and O–H groups in total. The van der Waals surface area contributed by atoms with E-state index in [1.807, 2.05) is 17.2 Å². The molecule has 0 bridgehead atoms. The summed E-state index contributed by atoms with van der Waals surface area (Å²) in [4.78, 5) is 35.7. The molecule has 1 aromatic heterocycles. The number of rotatable bonds is 3. The number of hydrogen-bond donors (Lipinski definition) is 0. The molecule has 2 amide bonds. The minimum absolute atomic E-state index is 0.00561. The third-order valence-corrected chi connectivity index (χ3v) is 5.71. The summed E-state index contributed by atoms with van der Waals surface area (Å²) in [5, 5.41) is 0. The van der Waals surface area contributed by atoms with Crippen LogP contribution in [0, 0.1) is 6.92 Å². The maximum absolute atomic E-state index is 12.9. The van der Waals surface area contributed by atoms with Crippen molar-refractivity contribution in [3.8, 4) is 0 Å². The highest BCUT2D eigenvalue weighted by Gasteiger charge is 2.39. The number of pyridine rings is 1. The van der Waals surface area contributed by atoms with E-state index < -0.39 is 12.2 Å². The van der Waals surface area contributed by atoms with Gasteiger partial charge in [-0.25, -0.2) is 4.98 Å². The molecule has 3 fully saturated rings. The molecular formula is C20H28N4O4. The first-order chi connectivity index (χ1) is 13.6. The van der Waals surface area contributed by atoms with Crippen molar-refractivity contribution in [3.63, 3.8) is 0 Å². The molecule has 1 aromatic rings. The van der Waals surface area contributed by atoms with Gasteiger partial charge in [0, 0.05) is 45.5 Å². The molecule has 3 aliphatic rings. The minimum atomic E-state index is -0.501. The van der Waals surface area contributed by atoms with Gasteiger partial charge in [-0.15, -0.1) is 0 Å². The fourth-order valence-electron chi connectivity index (χ4n) is 4.04. The van der Waals surface area contributed by atoms with E-state index >= 15 is 0 Å². The van der Waals surface area contributed by atoms with Gasteiger partial charge in [-0.05, 0) is 37.5 Å². The van der Waals surface area contributed by atoms with Crippen molar-refractivity contribution in [1.82, 2.24) is 14.8 Å². The van der Waals surface area contributed by atoms with Gasteiger partial charge in [-0.2, -0.15) is 0 Å². The van der Waals surface area contributed by atoms with Gasteiger partial charge in [0.2, 0.25) is 0 Å². The zero-order valence-corrected chi connectivity index (χ0v) is 16.4. The largest absolute Gasteiger partial charge is 0.378 e. The van der Waals surface area contributed by atoms with Gasteiger partial charge in [0.1, 0.15) is 18.0 Å². The number of morpholine rings is 1. The molecule has 0 spiro atoms. The van der Waals surface area contributed by atoms with Crippen molar-refractivity contribution < 1.29 is 19.1 Å². The van der Waals surface area contributed by atoms with Crippen LogP contribution >= 0.6 is 0 Å². The molecule has 28 heavy (non-hydrogen) atoms. The summed E-state index contributed by atoms with van der Waals surface area (Å²) >= 11 is 0. The summed E-state index contributed by atoms with van der Waals surface area (Å²) in [6.45, 7) is 7.21. The molecule has 0 aromatic carbocycles. The highest BCUT2D eigenvalue weighted by Crippen LogP contribution is 2.24. The van der Waals surface area contributed by atoms with E-state index in [1.54, 1.807) is 4.90 Å². The lowest BCUT2D eigenvalue weighted by atomic mass is 10.1. The lowest BCUT2D eigenvalue weighted by Gasteiger charge is -2.36. The molecule has 4 heterocycles. The first-order valence-electron chi connectivity index (χ1n) is 10.1. The van der Waals surface area contributed by atoms with Crippen LogP contribution < -0.4 is 4.90 Å². The number of carbonyl (C=O) groups is 2. The summed E-state index contributed by atoms with van der Waals surface area (Å²) in [7, 11) is 0. The van der Waals surface area contributed by atoms with Crippen molar-refractivity contribution in [2.75, 3.05) is 57.4 Å². The van der Waals surface area contributed by atoms with Crippen LogP contribution in [0.4, 0.5) is 5.82 Å². The maximum Gasteiger partial charge on any atom is 0.251 e. The van der Waals surface area contributed by atoms with Crippen LogP contribution in [-0.4, -0.2) is 91.3 Å². The third kappa shape index (κ3) is 4.12. The van der Waals surface area contributed by atoms with E-state index in [0.717, 1.165) is 18.9 Å². The predicted octanol–water partition coefficient (Wildman–Crippen LogP) is 0.445. The zero-order chi connectivity index (χ0) is 19.5. The van der Waals surface area contributed by atoms with Gasteiger partial charge in [0.25, 0.3) is 11.8 Å². The third-order valence-electron chi connectivity index (χ3n) is 5.71. The smallest absolute Gasteiger partial charge is 0.251 e. The van der Waals surface area contributed by atoms with E-state index in [9.17, 15) is 9.59 Å². The summed E-state index contributed by atoms with van der Waals surface area (Å²) < 4.78 is 11.2. The predicted molar refractivity (Wildman–Crippen MR) is 103 cm³/mol. The molecule has 0 aliphatic carbocycles. The van der Waals surface area contributed by atoms with E-state index in [4.69, 9.17) is 9.47 Å². The van der Waals surface area contributed by atoms with Crippen molar-refractivity contribution in [3.05, 3.63) is 23.9 Å². The van der Waals surface area contributed by atoms with E-state index in [2.05, 4.69) is 22.9 Å². The highest BCUT2D eigenvalue weighted by molar-refractivity contribution is 5.85. The number of ether oxygens (including phenoxy) is 2. The summed E-state index contributed by atoms with van der Waals surface area (Å²) in [5.74, 6) is 0.962. The second kappa shape index (κ2) is 8.45. The molecule has 8 heteroatoms. The van der Waals surface area contributed by atoms with Crippen LogP contribution in [0.25, 0.3) is 0 Å².